The zero-order chi connectivity index (χ0) is 19.0. The van der Waals surface area contributed by atoms with Crippen LogP contribution in [0.2, 0.25) is 0 Å². The second-order valence-electron chi connectivity index (χ2n) is 6.46. The minimum Gasteiger partial charge on any atom is -0.497 e. The van der Waals surface area contributed by atoms with Crippen LogP contribution in [0.1, 0.15) is 16.8 Å². The molecule has 0 aliphatic heterocycles. The number of halogens is 2. The van der Waals surface area contributed by atoms with E-state index in [9.17, 15) is 4.39 Å². The molecule has 0 amide bonds. The summed E-state index contributed by atoms with van der Waals surface area (Å²) >= 11 is 3.55. The first-order valence-corrected chi connectivity index (χ1v) is 9.40. The molecule has 0 fully saturated rings. The third kappa shape index (κ3) is 3.47. The van der Waals surface area contributed by atoms with Crippen molar-refractivity contribution >= 4 is 21.6 Å². The summed E-state index contributed by atoms with van der Waals surface area (Å²) < 4.78 is 21.8. The molecule has 2 heterocycles. The maximum atomic E-state index is 13.4. The van der Waals surface area contributed by atoms with Crippen molar-refractivity contribution in [2.24, 2.45) is 0 Å². The average molecular weight is 425 g/mol. The van der Waals surface area contributed by atoms with Gasteiger partial charge in [-0.25, -0.2) is 9.37 Å². The number of benzene rings is 2. The smallest absolute Gasteiger partial charge is 0.137 e. The number of rotatable bonds is 4. The monoisotopic (exact) mass is 424 g/mol. The quantitative estimate of drug-likeness (QED) is 0.413. The summed E-state index contributed by atoms with van der Waals surface area (Å²) in [6.07, 6.45) is 2.73. The van der Waals surface area contributed by atoms with Gasteiger partial charge >= 0.3 is 0 Å². The maximum absolute atomic E-state index is 13.4. The Balaban J connectivity index is 1.88. The molecule has 0 unspecified atom stereocenters. The van der Waals surface area contributed by atoms with Gasteiger partial charge in [-0.3, -0.25) is 0 Å². The Morgan fingerprint density at radius 2 is 1.85 bits per heavy atom. The first kappa shape index (κ1) is 17.7. The van der Waals surface area contributed by atoms with Gasteiger partial charge in [0.15, 0.2) is 0 Å². The molecule has 5 heteroatoms. The number of hydrogen-bond acceptors (Lipinski definition) is 2. The lowest BCUT2D eigenvalue weighted by molar-refractivity contribution is 0.414. The average Bonchev–Trinajstić information content (AvgIpc) is 3.01. The predicted octanol–water partition coefficient (Wildman–Crippen LogP) is 5.81. The Kier molecular flexibility index (Phi) is 4.70. The fourth-order valence-electron chi connectivity index (χ4n) is 3.25. The van der Waals surface area contributed by atoms with Crippen LogP contribution in [0.15, 0.2) is 65.3 Å². The second kappa shape index (κ2) is 7.16. The van der Waals surface area contributed by atoms with E-state index in [-0.39, 0.29) is 5.82 Å². The third-order valence-corrected chi connectivity index (χ3v) is 5.18. The van der Waals surface area contributed by atoms with Crippen LogP contribution < -0.4 is 4.74 Å². The number of fused-ring (bicyclic) bond motifs is 1. The number of ether oxygens (including phenoxy) is 1. The van der Waals surface area contributed by atoms with Crippen LogP contribution in [0.5, 0.6) is 5.75 Å². The van der Waals surface area contributed by atoms with Crippen molar-refractivity contribution < 1.29 is 9.13 Å². The Labute approximate surface area is 165 Å². The Morgan fingerprint density at radius 3 is 2.56 bits per heavy atom. The zero-order valence-corrected chi connectivity index (χ0v) is 16.6. The van der Waals surface area contributed by atoms with Crippen LogP contribution in [0.25, 0.3) is 16.9 Å². The standard InChI is InChI=1S/C22H18BrFN2O/c1-14-11-19(27-2)9-5-16(14)12-20-22(15-3-7-18(24)8-4-15)25-21-10-6-17(23)13-26(20)21/h3-11,13H,12H2,1-2H3. The molecule has 4 aromatic rings. The van der Waals surface area contributed by atoms with Crippen molar-refractivity contribution in [3.63, 3.8) is 0 Å². The van der Waals surface area contributed by atoms with Crippen LogP contribution in [-0.4, -0.2) is 16.5 Å². The lowest BCUT2D eigenvalue weighted by atomic mass is 10.0. The van der Waals surface area contributed by atoms with Gasteiger partial charge in [0.25, 0.3) is 0 Å². The Bertz CT molecular complexity index is 1120. The molecule has 0 saturated heterocycles. The van der Waals surface area contributed by atoms with Gasteiger partial charge in [0.05, 0.1) is 18.5 Å². The van der Waals surface area contributed by atoms with E-state index < -0.39 is 0 Å². The molecule has 2 aromatic carbocycles. The van der Waals surface area contributed by atoms with Crippen molar-refractivity contribution in [3.8, 4) is 17.0 Å². The molecule has 27 heavy (non-hydrogen) atoms. The minimum absolute atomic E-state index is 0.252. The normalized spacial score (nSPS) is 11.1. The fourth-order valence-corrected chi connectivity index (χ4v) is 3.59. The number of hydrogen-bond donors (Lipinski definition) is 0. The Morgan fingerprint density at radius 1 is 1.07 bits per heavy atom. The Hall–Kier alpha value is -2.66. The summed E-state index contributed by atoms with van der Waals surface area (Å²) in [5.74, 6) is 0.591. The second-order valence-corrected chi connectivity index (χ2v) is 7.37. The molecule has 4 rings (SSSR count). The van der Waals surface area contributed by atoms with E-state index in [0.29, 0.717) is 6.42 Å². The molecule has 3 nitrogen and oxygen atoms in total. The largest absolute Gasteiger partial charge is 0.497 e. The van der Waals surface area contributed by atoms with Crippen molar-refractivity contribution in [2.45, 2.75) is 13.3 Å². The molecule has 0 saturated carbocycles. The highest BCUT2D eigenvalue weighted by molar-refractivity contribution is 9.10. The number of aromatic nitrogens is 2. The summed E-state index contributed by atoms with van der Waals surface area (Å²) in [6, 6.07) is 16.5. The number of imidazole rings is 1. The van der Waals surface area contributed by atoms with Gasteiger partial charge in [0.2, 0.25) is 0 Å². The van der Waals surface area contributed by atoms with Gasteiger partial charge in [-0.15, -0.1) is 0 Å². The fraction of sp³-hybridized carbons (Fsp3) is 0.136. The van der Waals surface area contributed by atoms with E-state index in [1.165, 1.54) is 17.7 Å². The first-order valence-electron chi connectivity index (χ1n) is 8.61. The molecular formula is C22H18BrFN2O. The number of nitrogens with zero attached hydrogens (tertiary/aromatic N) is 2. The van der Waals surface area contributed by atoms with Crippen LogP contribution in [-0.2, 0) is 6.42 Å². The number of methoxy groups -OCH3 is 1. The van der Waals surface area contributed by atoms with E-state index in [0.717, 1.165) is 38.4 Å². The zero-order valence-electron chi connectivity index (χ0n) is 15.0. The molecule has 0 aliphatic rings. The van der Waals surface area contributed by atoms with Gasteiger partial charge in [-0.2, -0.15) is 0 Å². The van der Waals surface area contributed by atoms with Gasteiger partial charge in [-0.1, -0.05) is 6.07 Å². The van der Waals surface area contributed by atoms with E-state index in [1.807, 2.05) is 30.5 Å². The van der Waals surface area contributed by atoms with Crippen LogP contribution in [0, 0.1) is 12.7 Å². The lowest BCUT2D eigenvalue weighted by Crippen LogP contribution is -1.99. The van der Waals surface area contributed by atoms with Crippen LogP contribution >= 0.6 is 15.9 Å². The highest BCUT2D eigenvalue weighted by Gasteiger charge is 2.16. The molecule has 136 valence electrons. The molecule has 0 aliphatic carbocycles. The SMILES string of the molecule is COc1ccc(Cc2c(-c3ccc(F)cc3)nc3ccc(Br)cn23)c(C)c1. The van der Waals surface area contributed by atoms with Gasteiger partial charge in [0, 0.05) is 22.7 Å². The first-order chi connectivity index (χ1) is 13.0. The third-order valence-electron chi connectivity index (χ3n) is 4.71. The topological polar surface area (TPSA) is 26.5 Å². The lowest BCUT2D eigenvalue weighted by Gasteiger charge is -2.10. The molecule has 0 spiro atoms. The van der Waals surface area contributed by atoms with Gasteiger partial charge in [-0.05, 0) is 82.5 Å². The summed E-state index contributed by atoms with van der Waals surface area (Å²) in [4.78, 5) is 4.81. The van der Waals surface area contributed by atoms with Crippen molar-refractivity contribution in [1.29, 1.82) is 0 Å². The van der Waals surface area contributed by atoms with Crippen LogP contribution in [0.4, 0.5) is 4.39 Å². The van der Waals surface area contributed by atoms with Gasteiger partial charge in [0.1, 0.15) is 17.2 Å². The van der Waals surface area contributed by atoms with E-state index in [1.54, 1.807) is 19.2 Å². The van der Waals surface area contributed by atoms with E-state index in [4.69, 9.17) is 9.72 Å². The molecule has 2 aromatic heterocycles. The summed E-state index contributed by atoms with van der Waals surface area (Å²) in [7, 11) is 1.67. The van der Waals surface area contributed by atoms with Crippen LogP contribution in [0.3, 0.4) is 0 Å². The molecule has 0 radical (unpaired) electrons. The summed E-state index contributed by atoms with van der Waals surface area (Å²) in [5, 5.41) is 0. The van der Waals surface area contributed by atoms with Crippen molar-refractivity contribution in [1.82, 2.24) is 9.38 Å². The minimum atomic E-state index is -0.252. The van der Waals surface area contributed by atoms with Gasteiger partial charge < -0.3 is 9.14 Å². The highest BCUT2D eigenvalue weighted by atomic mass is 79.9. The molecule has 0 N–H and O–H groups in total. The summed E-state index contributed by atoms with van der Waals surface area (Å²) in [5.41, 5.74) is 6.04. The van der Waals surface area contributed by atoms with Crippen molar-refractivity contribution in [2.75, 3.05) is 7.11 Å². The van der Waals surface area contributed by atoms with Crippen molar-refractivity contribution in [3.05, 3.63) is 87.9 Å². The molecule has 0 bridgehead atoms. The summed E-state index contributed by atoms with van der Waals surface area (Å²) in [6.45, 7) is 2.08. The van der Waals surface area contributed by atoms with E-state index >= 15 is 0 Å². The molecular weight excluding hydrogens is 407 g/mol. The number of aryl methyl sites for hydroxylation is 1. The predicted molar refractivity (Wildman–Crippen MR) is 109 cm³/mol. The molecule has 0 atom stereocenters. The van der Waals surface area contributed by atoms with E-state index in [2.05, 4.69) is 33.3 Å². The maximum Gasteiger partial charge on any atom is 0.137 e. The number of pyridine rings is 1. The highest BCUT2D eigenvalue weighted by Crippen LogP contribution is 2.29.